The van der Waals surface area contributed by atoms with E-state index >= 15 is 0 Å². The van der Waals surface area contributed by atoms with Crippen molar-refractivity contribution >= 4 is 27.5 Å². The maximum atomic E-state index is 8.34. The van der Waals surface area contributed by atoms with Gasteiger partial charge in [0.1, 0.15) is 5.84 Å². The van der Waals surface area contributed by atoms with E-state index in [1.54, 1.807) is 0 Å². The lowest BCUT2D eigenvalue weighted by atomic mass is 10.2. The molecular weight excluding hydrogens is 270 g/mol. The molecule has 0 fully saturated rings. The van der Waals surface area contributed by atoms with E-state index in [0.29, 0.717) is 12.3 Å². The first kappa shape index (κ1) is 12.8. The third kappa shape index (κ3) is 5.02. The van der Waals surface area contributed by atoms with Crippen LogP contribution in [0.5, 0.6) is 0 Å². The fourth-order valence-electron chi connectivity index (χ4n) is 1.28. The first-order valence-electron chi connectivity index (χ1n) is 5.18. The van der Waals surface area contributed by atoms with Crippen molar-refractivity contribution in [2.75, 3.05) is 11.9 Å². The standard InChI is InChI=1S/C11H16BrN3O/c12-9-4-6-10(7-5-9)14-8-2-1-3-11(13)15-16/h4-7,14,16H,1-3,8H2,(H2,13,15). The Morgan fingerprint density at radius 1 is 1.31 bits per heavy atom. The topological polar surface area (TPSA) is 70.6 Å². The average Bonchev–Trinajstić information content (AvgIpc) is 2.31. The van der Waals surface area contributed by atoms with Gasteiger partial charge < -0.3 is 16.3 Å². The Kier molecular flexibility index (Phi) is 5.71. The summed E-state index contributed by atoms with van der Waals surface area (Å²) < 4.78 is 1.07. The number of benzene rings is 1. The second-order valence-corrected chi connectivity index (χ2v) is 4.40. The van der Waals surface area contributed by atoms with Crippen molar-refractivity contribution in [3.05, 3.63) is 28.7 Å². The van der Waals surface area contributed by atoms with E-state index in [1.807, 2.05) is 24.3 Å². The molecule has 5 heteroatoms. The minimum absolute atomic E-state index is 0.295. The van der Waals surface area contributed by atoms with Gasteiger partial charge in [0.15, 0.2) is 0 Å². The zero-order valence-corrected chi connectivity index (χ0v) is 10.6. The van der Waals surface area contributed by atoms with E-state index in [9.17, 15) is 0 Å². The maximum absolute atomic E-state index is 8.34. The zero-order valence-electron chi connectivity index (χ0n) is 8.99. The van der Waals surface area contributed by atoms with Gasteiger partial charge in [-0.25, -0.2) is 0 Å². The number of halogens is 1. The summed E-state index contributed by atoms with van der Waals surface area (Å²) in [6, 6.07) is 8.04. The zero-order chi connectivity index (χ0) is 11.8. The average molecular weight is 286 g/mol. The summed E-state index contributed by atoms with van der Waals surface area (Å²) in [5, 5.41) is 14.6. The summed E-state index contributed by atoms with van der Waals surface area (Å²) in [5.41, 5.74) is 6.46. The molecule has 16 heavy (non-hydrogen) atoms. The van der Waals surface area contributed by atoms with Crippen molar-refractivity contribution in [3.8, 4) is 0 Å². The third-order valence-electron chi connectivity index (χ3n) is 2.16. The smallest absolute Gasteiger partial charge is 0.139 e. The number of nitrogens with two attached hydrogens (primary N) is 1. The highest BCUT2D eigenvalue weighted by Crippen LogP contribution is 2.14. The number of hydrogen-bond donors (Lipinski definition) is 3. The molecule has 0 bridgehead atoms. The predicted molar refractivity (Wildman–Crippen MR) is 69.9 cm³/mol. The fraction of sp³-hybridized carbons (Fsp3) is 0.364. The van der Waals surface area contributed by atoms with Crippen LogP contribution in [-0.2, 0) is 0 Å². The summed E-state index contributed by atoms with van der Waals surface area (Å²) in [6.07, 6.45) is 2.55. The van der Waals surface area contributed by atoms with Gasteiger partial charge in [0, 0.05) is 23.1 Å². The van der Waals surface area contributed by atoms with Crippen LogP contribution in [0, 0.1) is 0 Å². The van der Waals surface area contributed by atoms with E-state index in [0.717, 1.165) is 29.5 Å². The second-order valence-electron chi connectivity index (χ2n) is 3.48. The molecule has 88 valence electrons. The molecule has 0 aliphatic heterocycles. The Hall–Kier alpha value is -1.23. The molecule has 0 unspecified atom stereocenters. The van der Waals surface area contributed by atoms with Gasteiger partial charge in [-0.05, 0) is 37.1 Å². The SMILES string of the molecule is NC(CCCCNc1ccc(Br)cc1)=NO. The van der Waals surface area contributed by atoms with Gasteiger partial charge in [-0.2, -0.15) is 0 Å². The predicted octanol–water partition coefficient (Wildman–Crippen LogP) is 2.78. The second kappa shape index (κ2) is 7.11. The highest BCUT2D eigenvalue weighted by molar-refractivity contribution is 9.10. The van der Waals surface area contributed by atoms with Gasteiger partial charge in [-0.1, -0.05) is 21.1 Å². The molecule has 4 N–H and O–H groups in total. The van der Waals surface area contributed by atoms with Crippen LogP contribution < -0.4 is 11.1 Å². The molecular formula is C11H16BrN3O. The van der Waals surface area contributed by atoms with Crippen LogP contribution in [0.1, 0.15) is 19.3 Å². The summed E-state index contributed by atoms with van der Waals surface area (Å²) in [6.45, 7) is 0.889. The van der Waals surface area contributed by atoms with Gasteiger partial charge in [-0.15, -0.1) is 0 Å². The Morgan fingerprint density at radius 3 is 2.62 bits per heavy atom. The van der Waals surface area contributed by atoms with E-state index in [4.69, 9.17) is 10.9 Å². The van der Waals surface area contributed by atoms with E-state index in [1.165, 1.54) is 0 Å². The number of rotatable bonds is 6. The van der Waals surface area contributed by atoms with Crippen LogP contribution in [0.3, 0.4) is 0 Å². The summed E-state index contributed by atoms with van der Waals surface area (Å²) in [4.78, 5) is 0. The monoisotopic (exact) mass is 285 g/mol. The van der Waals surface area contributed by atoms with Gasteiger partial charge in [-0.3, -0.25) is 0 Å². The van der Waals surface area contributed by atoms with Crippen LogP contribution in [0.2, 0.25) is 0 Å². The van der Waals surface area contributed by atoms with Crippen LogP contribution in [-0.4, -0.2) is 17.6 Å². The number of amidine groups is 1. The maximum Gasteiger partial charge on any atom is 0.139 e. The Morgan fingerprint density at radius 2 is 2.00 bits per heavy atom. The van der Waals surface area contributed by atoms with E-state index in [2.05, 4.69) is 26.4 Å². The van der Waals surface area contributed by atoms with Crippen molar-refractivity contribution in [1.29, 1.82) is 0 Å². The first-order chi connectivity index (χ1) is 7.72. The molecule has 0 aliphatic carbocycles. The first-order valence-corrected chi connectivity index (χ1v) is 5.97. The normalized spacial score (nSPS) is 11.4. The van der Waals surface area contributed by atoms with Gasteiger partial charge in [0.25, 0.3) is 0 Å². The van der Waals surface area contributed by atoms with Crippen LogP contribution >= 0.6 is 15.9 Å². The van der Waals surface area contributed by atoms with Crippen molar-refractivity contribution in [1.82, 2.24) is 0 Å². The van der Waals surface area contributed by atoms with Crippen LogP contribution in [0.4, 0.5) is 5.69 Å². The number of unbranched alkanes of at least 4 members (excludes halogenated alkanes) is 1. The molecule has 0 saturated heterocycles. The minimum atomic E-state index is 0.295. The molecule has 0 aromatic heterocycles. The lowest BCUT2D eigenvalue weighted by Crippen LogP contribution is -2.11. The molecule has 0 heterocycles. The lowest BCUT2D eigenvalue weighted by molar-refractivity contribution is 0.316. The van der Waals surface area contributed by atoms with Crippen LogP contribution in [0.15, 0.2) is 33.9 Å². The lowest BCUT2D eigenvalue weighted by Gasteiger charge is -2.05. The quantitative estimate of drug-likeness (QED) is 0.247. The molecule has 1 aromatic rings. The Balaban J connectivity index is 2.14. The van der Waals surface area contributed by atoms with E-state index < -0.39 is 0 Å². The van der Waals surface area contributed by atoms with Crippen molar-refractivity contribution in [2.45, 2.75) is 19.3 Å². The van der Waals surface area contributed by atoms with Crippen molar-refractivity contribution in [3.63, 3.8) is 0 Å². The number of nitrogens with zero attached hydrogens (tertiary/aromatic N) is 1. The molecule has 0 atom stereocenters. The highest BCUT2D eigenvalue weighted by Gasteiger charge is 1.94. The molecule has 0 radical (unpaired) electrons. The minimum Gasteiger partial charge on any atom is -0.409 e. The molecule has 4 nitrogen and oxygen atoms in total. The largest absolute Gasteiger partial charge is 0.409 e. The van der Waals surface area contributed by atoms with E-state index in [-0.39, 0.29) is 0 Å². The molecule has 0 spiro atoms. The molecule has 0 saturated carbocycles. The summed E-state index contributed by atoms with van der Waals surface area (Å²) in [5.74, 6) is 0.295. The number of hydrogen-bond acceptors (Lipinski definition) is 3. The van der Waals surface area contributed by atoms with Crippen LogP contribution in [0.25, 0.3) is 0 Å². The molecule has 1 rings (SSSR count). The Bertz CT molecular complexity index is 338. The number of anilines is 1. The molecule has 0 amide bonds. The van der Waals surface area contributed by atoms with Crippen molar-refractivity contribution < 1.29 is 5.21 Å². The summed E-state index contributed by atoms with van der Waals surface area (Å²) in [7, 11) is 0. The van der Waals surface area contributed by atoms with Crippen molar-refractivity contribution in [2.24, 2.45) is 10.9 Å². The van der Waals surface area contributed by atoms with Gasteiger partial charge in [0.05, 0.1) is 0 Å². The van der Waals surface area contributed by atoms with Gasteiger partial charge in [0.2, 0.25) is 0 Å². The summed E-state index contributed by atoms with van der Waals surface area (Å²) >= 11 is 3.38. The third-order valence-corrected chi connectivity index (χ3v) is 2.69. The molecule has 1 aromatic carbocycles. The Labute approximate surface area is 104 Å². The number of nitrogens with one attached hydrogen (secondary N) is 1. The number of oxime groups is 1. The highest BCUT2D eigenvalue weighted by atomic mass is 79.9. The molecule has 0 aliphatic rings. The fourth-order valence-corrected chi connectivity index (χ4v) is 1.55. The van der Waals surface area contributed by atoms with Gasteiger partial charge >= 0.3 is 0 Å².